The fraction of sp³-hybridized carbons (Fsp3) is 0.647. The number of rotatable bonds is 7. The van der Waals surface area contributed by atoms with Gasteiger partial charge in [0.1, 0.15) is 6.10 Å². The first-order valence-electron chi connectivity index (χ1n) is 8.78. The Labute approximate surface area is 157 Å². The lowest BCUT2D eigenvalue weighted by Gasteiger charge is -2.34. The number of nitrogens with zero attached hydrogens (tertiary/aromatic N) is 5. The molecule has 2 aromatic rings. The van der Waals surface area contributed by atoms with Crippen LogP contribution in [0, 0.1) is 5.92 Å². The number of ether oxygens (including phenoxy) is 2. The van der Waals surface area contributed by atoms with Gasteiger partial charge >= 0.3 is 6.01 Å². The topological polar surface area (TPSA) is 86.4 Å². The molecular formula is C17H24ClN5O3. The molecule has 0 spiro atoms. The van der Waals surface area contributed by atoms with Crippen LogP contribution in [0.15, 0.2) is 16.9 Å². The van der Waals surface area contributed by atoms with Gasteiger partial charge in [-0.25, -0.2) is 9.97 Å². The molecule has 3 heterocycles. The van der Waals surface area contributed by atoms with Crippen molar-refractivity contribution in [3.63, 3.8) is 0 Å². The minimum absolute atomic E-state index is 0.0687. The molecule has 0 aliphatic carbocycles. The molecule has 9 heteroatoms. The zero-order valence-corrected chi connectivity index (χ0v) is 16.0. The number of hydrogen-bond acceptors (Lipinski definition) is 8. The van der Waals surface area contributed by atoms with Gasteiger partial charge in [-0.2, -0.15) is 4.98 Å². The van der Waals surface area contributed by atoms with Gasteiger partial charge in [0.2, 0.25) is 5.28 Å². The Bertz CT molecular complexity index is 686. The highest BCUT2D eigenvalue weighted by Gasteiger charge is 2.30. The Kier molecular flexibility index (Phi) is 6.26. The van der Waals surface area contributed by atoms with Crippen LogP contribution in [0.2, 0.25) is 5.28 Å². The Hall–Kier alpha value is -1.93. The van der Waals surface area contributed by atoms with Crippen LogP contribution in [0.25, 0.3) is 0 Å². The number of aromatic nitrogens is 4. The third-order valence-corrected chi connectivity index (χ3v) is 4.69. The molecular weight excluding hydrogens is 358 g/mol. The minimum atomic E-state index is -0.0687. The molecule has 3 rings (SSSR count). The molecule has 0 saturated carbocycles. The van der Waals surface area contributed by atoms with Gasteiger partial charge in [0, 0.05) is 32.0 Å². The Morgan fingerprint density at radius 2 is 1.96 bits per heavy atom. The second-order valence-corrected chi connectivity index (χ2v) is 7.05. The number of piperidine rings is 1. The summed E-state index contributed by atoms with van der Waals surface area (Å²) in [5, 5.41) is 4.24. The summed E-state index contributed by atoms with van der Waals surface area (Å²) in [6.45, 7) is 6.28. The van der Waals surface area contributed by atoms with Crippen molar-refractivity contribution in [2.24, 2.45) is 5.92 Å². The van der Waals surface area contributed by atoms with E-state index in [0.717, 1.165) is 31.8 Å². The van der Waals surface area contributed by atoms with E-state index in [4.69, 9.17) is 25.6 Å². The van der Waals surface area contributed by atoms with E-state index >= 15 is 0 Å². The molecule has 1 atom stereocenters. The number of halogens is 1. The molecule has 8 nitrogen and oxygen atoms in total. The fourth-order valence-corrected chi connectivity index (χ4v) is 3.12. The van der Waals surface area contributed by atoms with Crippen LogP contribution in [-0.2, 0) is 4.74 Å². The van der Waals surface area contributed by atoms with E-state index < -0.39 is 0 Å². The molecule has 0 aromatic carbocycles. The molecule has 1 unspecified atom stereocenters. The molecule has 0 amide bonds. The first-order chi connectivity index (χ1) is 12.6. The molecule has 0 radical (unpaired) electrons. The molecule has 1 fully saturated rings. The predicted octanol–water partition coefficient (Wildman–Crippen LogP) is 2.95. The van der Waals surface area contributed by atoms with Crippen LogP contribution in [0.1, 0.15) is 38.4 Å². The summed E-state index contributed by atoms with van der Waals surface area (Å²) < 4.78 is 16.8. The zero-order chi connectivity index (χ0) is 18.5. The molecule has 26 heavy (non-hydrogen) atoms. The van der Waals surface area contributed by atoms with Crippen molar-refractivity contribution >= 4 is 17.6 Å². The van der Waals surface area contributed by atoms with Crippen molar-refractivity contribution in [3.8, 4) is 5.75 Å². The van der Waals surface area contributed by atoms with Crippen molar-refractivity contribution in [2.45, 2.75) is 38.7 Å². The van der Waals surface area contributed by atoms with Crippen molar-refractivity contribution in [1.82, 2.24) is 20.1 Å². The lowest BCUT2D eigenvalue weighted by Crippen LogP contribution is -2.41. The monoisotopic (exact) mass is 381 g/mol. The molecule has 0 N–H and O–H groups in total. The largest absolute Gasteiger partial charge is 0.484 e. The predicted molar refractivity (Wildman–Crippen MR) is 96.7 cm³/mol. The Morgan fingerprint density at radius 1 is 1.27 bits per heavy atom. The number of hydrogen-bond donors (Lipinski definition) is 0. The first-order valence-corrected chi connectivity index (χ1v) is 9.16. The van der Waals surface area contributed by atoms with E-state index in [0.29, 0.717) is 24.3 Å². The van der Waals surface area contributed by atoms with Gasteiger partial charge in [0.15, 0.2) is 11.6 Å². The minimum Gasteiger partial charge on any atom is -0.484 e. The second-order valence-electron chi connectivity index (χ2n) is 6.71. The van der Waals surface area contributed by atoms with E-state index in [2.05, 4.69) is 25.0 Å². The standard InChI is InChI=1S/C17H24ClN5O3/c1-11(2)15-21-17(26-22-15)23-6-4-12(5-7-23)14(10-24-3)25-13-8-19-16(18)20-9-13/h8-9,11-12,14H,4-7,10H2,1-3H3. The molecule has 1 saturated heterocycles. The van der Waals surface area contributed by atoms with E-state index in [-0.39, 0.29) is 17.3 Å². The van der Waals surface area contributed by atoms with Crippen LogP contribution in [0.4, 0.5) is 6.01 Å². The summed E-state index contributed by atoms with van der Waals surface area (Å²) >= 11 is 5.73. The molecule has 1 aliphatic rings. The summed E-state index contributed by atoms with van der Waals surface area (Å²) in [6, 6.07) is 0.600. The van der Waals surface area contributed by atoms with E-state index in [9.17, 15) is 0 Å². The van der Waals surface area contributed by atoms with Crippen molar-refractivity contribution < 1.29 is 14.0 Å². The molecule has 1 aliphatic heterocycles. The van der Waals surface area contributed by atoms with E-state index in [1.165, 1.54) is 0 Å². The van der Waals surface area contributed by atoms with Gasteiger partial charge < -0.3 is 18.9 Å². The number of methoxy groups -OCH3 is 1. The maximum absolute atomic E-state index is 6.05. The molecule has 0 bridgehead atoms. The summed E-state index contributed by atoms with van der Waals surface area (Å²) in [5.74, 6) is 1.95. The Balaban J connectivity index is 1.59. The highest BCUT2D eigenvalue weighted by Crippen LogP contribution is 2.27. The van der Waals surface area contributed by atoms with Crippen LogP contribution in [0.3, 0.4) is 0 Å². The lowest BCUT2D eigenvalue weighted by atomic mass is 9.91. The zero-order valence-electron chi connectivity index (χ0n) is 15.3. The summed E-state index contributed by atoms with van der Waals surface area (Å²) in [6.07, 6.45) is 4.99. The summed E-state index contributed by atoms with van der Waals surface area (Å²) in [4.78, 5) is 14.5. The quantitative estimate of drug-likeness (QED) is 0.676. The summed E-state index contributed by atoms with van der Waals surface area (Å²) in [7, 11) is 1.68. The maximum Gasteiger partial charge on any atom is 0.324 e. The van der Waals surface area contributed by atoms with Gasteiger partial charge in [-0.3, -0.25) is 0 Å². The van der Waals surface area contributed by atoms with Gasteiger partial charge in [0.05, 0.1) is 19.0 Å². The maximum atomic E-state index is 6.05. The van der Waals surface area contributed by atoms with Crippen LogP contribution >= 0.6 is 11.6 Å². The van der Waals surface area contributed by atoms with Gasteiger partial charge in [-0.05, 0) is 24.4 Å². The van der Waals surface area contributed by atoms with Crippen molar-refractivity contribution in [1.29, 1.82) is 0 Å². The van der Waals surface area contributed by atoms with Crippen molar-refractivity contribution in [3.05, 3.63) is 23.5 Å². The van der Waals surface area contributed by atoms with E-state index in [1.54, 1.807) is 19.5 Å². The third kappa shape index (κ3) is 4.62. The molecule has 142 valence electrons. The highest BCUT2D eigenvalue weighted by atomic mass is 35.5. The van der Waals surface area contributed by atoms with Gasteiger partial charge in [0.25, 0.3) is 0 Å². The normalized spacial score (nSPS) is 16.9. The van der Waals surface area contributed by atoms with Crippen molar-refractivity contribution in [2.75, 3.05) is 31.7 Å². The molecule has 2 aromatic heterocycles. The van der Waals surface area contributed by atoms with Crippen LogP contribution in [0.5, 0.6) is 5.75 Å². The average molecular weight is 382 g/mol. The second kappa shape index (κ2) is 8.64. The fourth-order valence-electron chi connectivity index (χ4n) is 3.02. The number of anilines is 1. The lowest BCUT2D eigenvalue weighted by molar-refractivity contribution is 0.0340. The third-order valence-electron chi connectivity index (χ3n) is 4.50. The first kappa shape index (κ1) is 18.8. The van der Waals surface area contributed by atoms with E-state index in [1.807, 2.05) is 13.8 Å². The average Bonchev–Trinajstić information content (AvgIpc) is 3.14. The Morgan fingerprint density at radius 3 is 2.54 bits per heavy atom. The summed E-state index contributed by atoms with van der Waals surface area (Å²) in [5.41, 5.74) is 0. The van der Waals surface area contributed by atoms with Crippen LogP contribution in [-0.4, -0.2) is 53.0 Å². The van der Waals surface area contributed by atoms with Crippen LogP contribution < -0.4 is 9.64 Å². The highest BCUT2D eigenvalue weighted by molar-refractivity contribution is 6.28. The smallest absolute Gasteiger partial charge is 0.324 e. The van der Waals surface area contributed by atoms with Gasteiger partial charge in [-0.15, -0.1) is 0 Å². The van der Waals surface area contributed by atoms with Gasteiger partial charge in [-0.1, -0.05) is 19.0 Å². The SMILES string of the molecule is COCC(Oc1cnc(Cl)nc1)C1CCN(c2nc(C(C)C)no2)CC1.